The summed E-state index contributed by atoms with van der Waals surface area (Å²) in [6.45, 7) is 2.71. The molecule has 0 saturated heterocycles. The number of benzene rings is 1. The minimum Gasteiger partial charge on any atom is -0.354 e. The first kappa shape index (κ1) is 15.3. The Balaban J connectivity index is 1.57. The molecule has 2 rings (SSSR count). The van der Waals surface area contributed by atoms with Crippen LogP contribution in [0.4, 0.5) is 0 Å². The van der Waals surface area contributed by atoms with E-state index >= 15 is 0 Å². The maximum absolute atomic E-state index is 11.8. The number of amides is 1. The smallest absolute Gasteiger partial charge is 0.220 e. The van der Waals surface area contributed by atoms with Crippen molar-refractivity contribution in [1.82, 2.24) is 14.9 Å². The second kappa shape index (κ2) is 8.25. The highest BCUT2D eigenvalue weighted by Crippen LogP contribution is 2.07. The number of aryl methyl sites for hydroxylation is 1. The quantitative estimate of drug-likeness (QED) is 0.758. The molecule has 2 aromatic rings. The lowest BCUT2D eigenvalue weighted by Gasteiger charge is -2.13. The standard InChI is InChI=1S/C17H23N3O/c1-15(20-12-11-18-14-20)13-19-17(21)10-6-5-9-16-7-3-2-4-8-16/h2-4,7-8,11-12,14-15H,5-6,9-10,13H2,1H3,(H,19,21). The maximum Gasteiger partial charge on any atom is 0.220 e. The summed E-state index contributed by atoms with van der Waals surface area (Å²) in [7, 11) is 0. The van der Waals surface area contributed by atoms with Crippen molar-refractivity contribution in [3.63, 3.8) is 0 Å². The van der Waals surface area contributed by atoms with Gasteiger partial charge in [0.05, 0.1) is 6.33 Å². The summed E-state index contributed by atoms with van der Waals surface area (Å²) in [6.07, 6.45) is 9.06. The van der Waals surface area contributed by atoms with Crippen molar-refractivity contribution in [2.45, 2.75) is 38.6 Å². The number of carbonyl (C=O) groups is 1. The number of imidazole rings is 1. The van der Waals surface area contributed by atoms with Gasteiger partial charge in [-0.05, 0) is 31.7 Å². The van der Waals surface area contributed by atoms with Crippen molar-refractivity contribution >= 4 is 5.91 Å². The first-order valence-electron chi connectivity index (χ1n) is 7.54. The van der Waals surface area contributed by atoms with Crippen LogP contribution in [0.3, 0.4) is 0 Å². The van der Waals surface area contributed by atoms with Gasteiger partial charge in [0.25, 0.3) is 0 Å². The largest absolute Gasteiger partial charge is 0.354 e. The summed E-state index contributed by atoms with van der Waals surface area (Å²) in [5, 5.41) is 2.98. The number of carbonyl (C=O) groups excluding carboxylic acids is 1. The number of aromatic nitrogens is 2. The molecule has 0 spiro atoms. The molecule has 1 aromatic heterocycles. The molecule has 0 aliphatic heterocycles. The van der Waals surface area contributed by atoms with E-state index < -0.39 is 0 Å². The van der Waals surface area contributed by atoms with Gasteiger partial charge in [0.2, 0.25) is 5.91 Å². The molecule has 1 N–H and O–H groups in total. The van der Waals surface area contributed by atoms with Crippen LogP contribution >= 0.6 is 0 Å². The Bertz CT molecular complexity index is 522. The van der Waals surface area contributed by atoms with Crippen molar-refractivity contribution in [1.29, 1.82) is 0 Å². The highest BCUT2D eigenvalue weighted by molar-refractivity contribution is 5.75. The zero-order valence-electron chi connectivity index (χ0n) is 12.5. The predicted octanol–water partition coefficient (Wildman–Crippen LogP) is 2.97. The number of unbranched alkanes of at least 4 members (excludes halogenated alkanes) is 1. The van der Waals surface area contributed by atoms with Crippen LogP contribution in [0, 0.1) is 0 Å². The first-order chi connectivity index (χ1) is 10.3. The molecule has 1 unspecified atom stereocenters. The minimum absolute atomic E-state index is 0.134. The maximum atomic E-state index is 11.8. The van der Waals surface area contributed by atoms with Crippen molar-refractivity contribution in [2.24, 2.45) is 0 Å². The van der Waals surface area contributed by atoms with Gasteiger partial charge < -0.3 is 9.88 Å². The third kappa shape index (κ3) is 5.42. The number of hydrogen-bond donors (Lipinski definition) is 1. The van der Waals surface area contributed by atoms with Gasteiger partial charge in [-0.2, -0.15) is 0 Å². The van der Waals surface area contributed by atoms with Gasteiger partial charge in [-0.3, -0.25) is 4.79 Å². The second-order valence-electron chi connectivity index (χ2n) is 5.36. The average molecular weight is 285 g/mol. The summed E-state index contributed by atoms with van der Waals surface area (Å²) >= 11 is 0. The summed E-state index contributed by atoms with van der Waals surface area (Å²) in [4.78, 5) is 15.8. The Morgan fingerprint density at radius 3 is 2.81 bits per heavy atom. The van der Waals surface area contributed by atoms with Gasteiger partial charge in [-0.1, -0.05) is 30.3 Å². The van der Waals surface area contributed by atoms with Crippen molar-refractivity contribution in [3.05, 3.63) is 54.6 Å². The van der Waals surface area contributed by atoms with E-state index in [2.05, 4.69) is 41.5 Å². The van der Waals surface area contributed by atoms with E-state index in [-0.39, 0.29) is 11.9 Å². The van der Waals surface area contributed by atoms with Crippen LogP contribution in [0.15, 0.2) is 49.1 Å². The molecule has 1 atom stereocenters. The van der Waals surface area contributed by atoms with Crippen LogP contribution in [0.5, 0.6) is 0 Å². The topological polar surface area (TPSA) is 46.9 Å². The van der Waals surface area contributed by atoms with Gasteiger partial charge in [0.1, 0.15) is 0 Å². The third-order valence-electron chi connectivity index (χ3n) is 3.59. The number of rotatable bonds is 8. The molecule has 0 aliphatic carbocycles. The van der Waals surface area contributed by atoms with E-state index in [1.165, 1.54) is 5.56 Å². The summed E-state index contributed by atoms with van der Waals surface area (Å²) in [5.41, 5.74) is 1.34. The molecule has 1 aromatic carbocycles. The third-order valence-corrected chi connectivity index (χ3v) is 3.59. The number of hydrogen-bond acceptors (Lipinski definition) is 2. The lowest BCUT2D eigenvalue weighted by atomic mass is 10.1. The number of nitrogens with one attached hydrogen (secondary N) is 1. The van der Waals surface area contributed by atoms with Gasteiger partial charge >= 0.3 is 0 Å². The SMILES string of the molecule is CC(CNC(=O)CCCCc1ccccc1)n1ccnc1. The van der Waals surface area contributed by atoms with Gasteiger partial charge in [0, 0.05) is 31.4 Å². The Labute approximate surface area is 126 Å². The normalized spacial score (nSPS) is 12.0. The molecule has 112 valence electrons. The Hall–Kier alpha value is -2.10. The zero-order chi connectivity index (χ0) is 14.9. The van der Waals surface area contributed by atoms with Crippen LogP contribution in [-0.4, -0.2) is 22.0 Å². The van der Waals surface area contributed by atoms with E-state index in [0.29, 0.717) is 13.0 Å². The van der Waals surface area contributed by atoms with E-state index in [0.717, 1.165) is 19.3 Å². The van der Waals surface area contributed by atoms with Crippen molar-refractivity contribution in [2.75, 3.05) is 6.54 Å². The van der Waals surface area contributed by atoms with Crippen LogP contribution in [0.1, 0.15) is 37.8 Å². The fraction of sp³-hybridized carbons (Fsp3) is 0.412. The average Bonchev–Trinajstić information content (AvgIpc) is 3.05. The Morgan fingerprint density at radius 2 is 2.10 bits per heavy atom. The van der Waals surface area contributed by atoms with Gasteiger partial charge in [-0.15, -0.1) is 0 Å². The highest BCUT2D eigenvalue weighted by Gasteiger charge is 2.06. The molecule has 1 amide bonds. The molecule has 4 nitrogen and oxygen atoms in total. The highest BCUT2D eigenvalue weighted by atomic mass is 16.1. The lowest BCUT2D eigenvalue weighted by Crippen LogP contribution is -2.29. The molecular formula is C17H23N3O. The van der Waals surface area contributed by atoms with Crippen LogP contribution in [0.25, 0.3) is 0 Å². The summed E-state index contributed by atoms with van der Waals surface area (Å²) < 4.78 is 2.00. The van der Waals surface area contributed by atoms with Crippen LogP contribution < -0.4 is 5.32 Å². The molecule has 0 saturated carbocycles. The molecule has 1 heterocycles. The lowest BCUT2D eigenvalue weighted by molar-refractivity contribution is -0.121. The molecule has 0 radical (unpaired) electrons. The van der Waals surface area contributed by atoms with Crippen molar-refractivity contribution < 1.29 is 4.79 Å². The molecular weight excluding hydrogens is 262 g/mol. The van der Waals surface area contributed by atoms with E-state index in [4.69, 9.17) is 0 Å². The van der Waals surface area contributed by atoms with Gasteiger partial charge in [0.15, 0.2) is 0 Å². The monoisotopic (exact) mass is 285 g/mol. The zero-order valence-corrected chi connectivity index (χ0v) is 12.5. The van der Waals surface area contributed by atoms with E-state index in [1.54, 1.807) is 12.5 Å². The minimum atomic E-state index is 0.134. The molecule has 0 bridgehead atoms. The Morgan fingerprint density at radius 1 is 1.29 bits per heavy atom. The predicted molar refractivity (Wildman–Crippen MR) is 83.9 cm³/mol. The fourth-order valence-corrected chi connectivity index (χ4v) is 2.24. The number of nitrogens with zero attached hydrogens (tertiary/aromatic N) is 2. The van der Waals surface area contributed by atoms with E-state index in [9.17, 15) is 4.79 Å². The second-order valence-corrected chi connectivity index (χ2v) is 5.36. The van der Waals surface area contributed by atoms with Crippen molar-refractivity contribution in [3.8, 4) is 0 Å². The van der Waals surface area contributed by atoms with Crippen LogP contribution in [-0.2, 0) is 11.2 Å². The molecule has 0 fully saturated rings. The Kier molecular flexibility index (Phi) is 6.00. The summed E-state index contributed by atoms with van der Waals surface area (Å²) in [5.74, 6) is 0.134. The summed E-state index contributed by atoms with van der Waals surface area (Å²) in [6, 6.07) is 10.6. The molecule has 4 heteroatoms. The molecule has 21 heavy (non-hydrogen) atoms. The molecule has 0 aliphatic rings. The van der Waals surface area contributed by atoms with Crippen LogP contribution in [0.2, 0.25) is 0 Å². The first-order valence-corrected chi connectivity index (χ1v) is 7.54. The van der Waals surface area contributed by atoms with Gasteiger partial charge in [-0.25, -0.2) is 4.98 Å². The van der Waals surface area contributed by atoms with E-state index in [1.807, 2.05) is 16.8 Å². The fourth-order valence-electron chi connectivity index (χ4n) is 2.24.